The highest BCUT2D eigenvalue weighted by atomic mass is 15.3. The van der Waals surface area contributed by atoms with Crippen LogP contribution in [0.25, 0.3) is 43.8 Å². The molecule has 0 bridgehead atoms. The molecule has 41 heavy (non-hydrogen) atoms. The van der Waals surface area contributed by atoms with E-state index in [-0.39, 0.29) is 6.17 Å². The van der Waals surface area contributed by atoms with Crippen LogP contribution >= 0.6 is 0 Å². The van der Waals surface area contributed by atoms with Gasteiger partial charge < -0.3 is 10.2 Å². The Balaban J connectivity index is 1.30. The van der Waals surface area contributed by atoms with E-state index < -0.39 is 0 Å². The number of fused-ring (bicyclic) bond motifs is 3. The van der Waals surface area contributed by atoms with Crippen molar-refractivity contribution >= 4 is 38.6 Å². The average molecular weight is 525 g/mol. The first-order valence-electron chi connectivity index (χ1n) is 14.2. The normalized spacial score (nSPS) is 14.2. The molecule has 1 aliphatic heterocycles. The molecule has 0 saturated heterocycles. The standard InChI is InChI=1S/C39H28N2/c1-3-13-27(14-4-1)37-31-17-7-9-19-33(31)38(34-20-10-8-18-32(34)37)28-23-25-30(26-24-28)41-36-22-12-11-21-35(36)40-39(41)29-15-5-2-6-16-29/h1-26,39-40H. The van der Waals surface area contributed by atoms with Crippen molar-refractivity contribution in [1.82, 2.24) is 0 Å². The molecule has 0 amide bonds. The molecule has 7 aromatic rings. The maximum Gasteiger partial charge on any atom is 0.130 e. The Kier molecular flexibility index (Phi) is 5.56. The molecule has 0 aromatic heterocycles. The number of nitrogens with zero attached hydrogens (tertiary/aromatic N) is 1. The summed E-state index contributed by atoms with van der Waals surface area (Å²) in [5.74, 6) is 0. The van der Waals surface area contributed by atoms with Crippen LogP contribution in [0.3, 0.4) is 0 Å². The van der Waals surface area contributed by atoms with E-state index in [4.69, 9.17) is 0 Å². The maximum absolute atomic E-state index is 3.74. The largest absolute Gasteiger partial charge is 0.359 e. The zero-order chi connectivity index (χ0) is 27.2. The van der Waals surface area contributed by atoms with Crippen LogP contribution in [0, 0.1) is 0 Å². The molecule has 1 atom stereocenters. The summed E-state index contributed by atoms with van der Waals surface area (Å²) in [6, 6.07) is 56.8. The van der Waals surface area contributed by atoms with Gasteiger partial charge in [0.1, 0.15) is 6.17 Å². The zero-order valence-electron chi connectivity index (χ0n) is 22.5. The van der Waals surface area contributed by atoms with Crippen LogP contribution in [-0.4, -0.2) is 0 Å². The van der Waals surface area contributed by atoms with Crippen molar-refractivity contribution in [2.24, 2.45) is 0 Å². The quantitative estimate of drug-likeness (QED) is 0.230. The molecule has 1 N–H and O–H groups in total. The van der Waals surface area contributed by atoms with Crippen molar-refractivity contribution in [2.45, 2.75) is 6.17 Å². The third-order valence-corrected chi connectivity index (χ3v) is 8.26. The van der Waals surface area contributed by atoms with Gasteiger partial charge in [-0.25, -0.2) is 0 Å². The van der Waals surface area contributed by atoms with Gasteiger partial charge in [-0.05, 0) is 73.6 Å². The minimum Gasteiger partial charge on any atom is -0.359 e. The number of para-hydroxylation sites is 2. The molecule has 7 aromatic carbocycles. The van der Waals surface area contributed by atoms with Crippen molar-refractivity contribution in [2.75, 3.05) is 10.2 Å². The molecular formula is C39H28N2. The molecule has 0 spiro atoms. The molecule has 0 aliphatic carbocycles. The van der Waals surface area contributed by atoms with Gasteiger partial charge in [0.15, 0.2) is 0 Å². The highest BCUT2D eigenvalue weighted by molar-refractivity contribution is 6.21. The number of benzene rings is 7. The first-order chi connectivity index (χ1) is 20.4. The molecule has 0 radical (unpaired) electrons. The highest BCUT2D eigenvalue weighted by Crippen LogP contribution is 2.47. The molecule has 2 heteroatoms. The molecule has 8 rings (SSSR count). The molecule has 1 unspecified atom stereocenters. The molecule has 1 aliphatic rings. The monoisotopic (exact) mass is 524 g/mol. The van der Waals surface area contributed by atoms with E-state index in [1.807, 2.05) is 0 Å². The van der Waals surface area contributed by atoms with Crippen LogP contribution in [0.5, 0.6) is 0 Å². The van der Waals surface area contributed by atoms with Crippen LogP contribution in [0.4, 0.5) is 17.1 Å². The molecule has 0 fully saturated rings. The lowest BCUT2D eigenvalue weighted by Crippen LogP contribution is -2.23. The van der Waals surface area contributed by atoms with Crippen molar-refractivity contribution in [3.63, 3.8) is 0 Å². The van der Waals surface area contributed by atoms with E-state index in [0.717, 1.165) is 11.4 Å². The third kappa shape index (κ3) is 3.88. The van der Waals surface area contributed by atoms with Gasteiger partial charge in [-0.3, -0.25) is 0 Å². The van der Waals surface area contributed by atoms with E-state index >= 15 is 0 Å². The van der Waals surface area contributed by atoms with Crippen LogP contribution in [0.15, 0.2) is 158 Å². The first kappa shape index (κ1) is 23.5. The van der Waals surface area contributed by atoms with E-state index in [1.54, 1.807) is 0 Å². The van der Waals surface area contributed by atoms with Crippen molar-refractivity contribution < 1.29 is 0 Å². The average Bonchev–Trinajstić information content (AvgIpc) is 3.44. The van der Waals surface area contributed by atoms with Gasteiger partial charge in [-0.15, -0.1) is 0 Å². The Morgan fingerprint density at radius 2 is 0.878 bits per heavy atom. The van der Waals surface area contributed by atoms with Gasteiger partial charge in [0, 0.05) is 5.69 Å². The van der Waals surface area contributed by atoms with E-state index in [2.05, 4.69) is 168 Å². The summed E-state index contributed by atoms with van der Waals surface area (Å²) in [6.45, 7) is 0. The van der Waals surface area contributed by atoms with Crippen LogP contribution in [-0.2, 0) is 0 Å². The second-order valence-electron chi connectivity index (χ2n) is 10.6. The Morgan fingerprint density at radius 3 is 1.46 bits per heavy atom. The first-order valence-corrected chi connectivity index (χ1v) is 14.2. The van der Waals surface area contributed by atoms with Crippen molar-refractivity contribution in [1.29, 1.82) is 0 Å². The van der Waals surface area contributed by atoms with Crippen LogP contribution < -0.4 is 10.2 Å². The van der Waals surface area contributed by atoms with Gasteiger partial charge >= 0.3 is 0 Å². The van der Waals surface area contributed by atoms with Gasteiger partial charge in [-0.2, -0.15) is 0 Å². The SMILES string of the molecule is c1ccc(-c2c3ccccc3c(-c3ccc(N4c5ccccc5NC4c4ccccc4)cc3)c3ccccc23)cc1. The van der Waals surface area contributed by atoms with Crippen molar-refractivity contribution in [3.8, 4) is 22.3 Å². The summed E-state index contributed by atoms with van der Waals surface area (Å²) >= 11 is 0. The lowest BCUT2D eigenvalue weighted by molar-refractivity contribution is 0.828. The summed E-state index contributed by atoms with van der Waals surface area (Å²) in [7, 11) is 0. The fraction of sp³-hybridized carbons (Fsp3) is 0.0256. The van der Waals surface area contributed by atoms with Crippen LogP contribution in [0.2, 0.25) is 0 Å². The summed E-state index contributed by atoms with van der Waals surface area (Å²) in [4.78, 5) is 2.41. The lowest BCUT2D eigenvalue weighted by Gasteiger charge is -2.27. The van der Waals surface area contributed by atoms with Crippen molar-refractivity contribution in [3.05, 3.63) is 163 Å². The lowest BCUT2D eigenvalue weighted by atomic mass is 9.86. The predicted molar refractivity (Wildman–Crippen MR) is 174 cm³/mol. The Labute approximate surface area is 240 Å². The third-order valence-electron chi connectivity index (χ3n) is 8.26. The Bertz CT molecular complexity index is 1950. The number of rotatable bonds is 4. The van der Waals surface area contributed by atoms with Gasteiger partial charge in [0.25, 0.3) is 0 Å². The van der Waals surface area contributed by atoms with E-state index in [9.17, 15) is 0 Å². The Morgan fingerprint density at radius 1 is 0.415 bits per heavy atom. The van der Waals surface area contributed by atoms with Gasteiger partial charge in [0.2, 0.25) is 0 Å². The molecule has 2 nitrogen and oxygen atoms in total. The van der Waals surface area contributed by atoms with Crippen LogP contribution in [0.1, 0.15) is 11.7 Å². The smallest absolute Gasteiger partial charge is 0.130 e. The predicted octanol–water partition coefficient (Wildman–Crippen LogP) is 10.6. The van der Waals surface area contributed by atoms with Gasteiger partial charge in [0.05, 0.1) is 11.4 Å². The number of nitrogens with one attached hydrogen (secondary N) is 1. The number of hydrogen-bond acceptors (Lipinski definition) is 2. The molecule has 0 saturated carbocycles. The Hall–Kier alpha value is -5.34. The summed E-state index contributed by atoms with van der Waals surface area (Å²) in [5.41, 5.74) is 9.78. The second kappa shape index (κ2) is 9.69. The fourth-order valence-corrected chi connectivity index (χ4v) is 6.46. The maximum atomic E-state index is 3.74. The second-order valence-corrected chi connectivity index (χ2v) is 10.6. The summed E-state index contributed by atoms with van der Waals surface area (Å²) in [5, 5.41) is 8.84. The van der Waals surface area contributed by atoms with E-state index in [0.29, 0.717) is 0 Å². The number of anilines is 3. The zero-order valence-corrected chi connectivity index (χ0v) is 22.5. The molecular weight excluding hydrogens is 496 g/mol. The van der Waals surface area contributed by atoms with Gasteiger partial charge in [-0.1, -0.05) is 133 Å². The minimum absolute atomic E-state index is 0.0336. The topological polar surface area (TPSA) is 15.3 Å². The number of hydrogen-bond donors (Lipinski definition) is 1. The molecule has 194 valence electrons. The van der Waals surface area contributed by atoms with E-state index in [1.165, 1.54) is 55.0 Å². The summed E-state index contributed by atoms with van der Waals surface area (Å²) < 4.78 is 0. The highest BCUT2D eigenvalue weighted by Gasteiger charge is 2.30. The minimum atomic E-state index is 0.0336. The summed E-state index contributed by atoms with van der Waals surface area (Å²) in [6.07, 6.45) is 0.0336. The molecule has 1 heterocycles. The fourth-order valence-electron chi connectivity index (χ4n) is 6.46.